The van der Waals surface area contributed by atoms with E-state index in [4.69, 9.17) is 4.74 Å². The second-order valence-corrected chi connectivity index (χ2v) is 7.35. The van der Waals surface area contributed by atoms with Crippen molar-refractivity contribution in [3.8, 4) is 0 Å². The zero-order chi connectivity index (χ0) is 20.3. The highest BCUT2D eigenvalue weighted by Gasteiger charge is 2.56. The fourth-order valence-corrected chi connectivity index (χ4v) is 4.25. The van der Waals surface area contributed by atoms with E-state index in [0.29, 0.717) is 6.54 Å². The van der Waals surface area contributed by atoms with E-state index in [9.17, 15) is 9.59 Å². The molecule has 1 saturated heterocycles. The van der Waals surface area contributed by atoms with E-state index >= 15 is 0 Å². The molecule has 4 heteroatoms. The van der Waals surface area contributed by atoms with Gasteiger partial charge in [0, 0.05) is 13.5 Å². The Kier molecular flexibility index (Phi) is 5.17. The van der Waals surface area contributed by atoms with Gasteiger partial charge < -0.3 is 9.64 Å². The first-order chi connectivity index (χ1) is 14.1. The van der Waals surface area contributed by atoms with Gasteiger partial charge in [-0.2, -0.15) is 0 Å². The van der Waals surface area contributed by atoms with Crippen LogP contribution in [0.5, 0.6) is 0 Å². The first-order valence-electron chi connectivity index (χ1n) is 9.73. The van der Waals surface area contributed by atoms with Crippen molar-refractivity contribution in [3.63, 3.8) is 0 Å². The number of hydrogen-bond acceptors (Lipinski definition) is 3. The summed E-state index contributed by atoms with van der Waals surface area (Å²) in [4.78, 5) is 27.3. The highest BCUT2D eigenvalue weighted by Crippen LogP contribution is 2.51. The van der Waals surface area contributed by atoms with Crippen LogP contribution in [-0.2, 0) is 26.5 Å². The summed E-state index contributed by atoms with van der Waals surface area (Å²) in [7, 11) is 0. The molecule has 2 atom stereocenters. The van der Waals surface area contributed by atoms with Gasteiger partial charge in [-0.1, -0.05) is 91.0 Å². The summed E-state index contributed by atoms with van der Waals surface area (Å²) < 4.78 is 5.99. The number of likely N-dealkylation sites (tertiary alicyclic amines) is 1. The molecule has 1 aliphatic rings. The van der Waals surface area contributed by atoms with E-state index in [2.05, 4.69) is 0 Å². The summed E-state index contributed by atoms with van der Waals surface area (Å²) in [5, 5.41) is 0. The zero-order valence-corrected chi connectivity index (χ0v) is 16.3. The molecule has 0 aliphatic carbocycles. The van der Waals surface area contributed by atoms with Crippen LogP contribution in [0.3, 0.4) is 0 Å². The first kappa shape index (κ1) is 18.9. The van der Waals surface area contributed by atoms with Crippen LogP contribution in [0.2, 0.25) is 0 Å². The summed E-state index contributed by atoms with van der Waals surface area (Å²) in [5.41, 5.74) is 1.74. The van der Waals surface area contributed by atoms with Gasteiger partial charge in [0.15, 0.2) is 5.60 Å². The fourth-order valence-electron chi connectivity index (χ4n) is 4.25. The summed E-state index contributed by atoms with van der Waals surface area (Å²) >= 11 is 0. The van der Waals surface area contributed by atoms with Crippen molar-refractivity contribution in [3.05, 3.63) is 108 Å². The first-order valence-corrected chi connectivity index (χ1v) is 9.73. The SMILES string of the molecule is CC(=O)OC1(c2ccccc2)CC(=O)N(Cc2ccccc2)C1c1ccccc1. The van der Waals surface area contributed by atoms with Gasteiger partial charge in [-0.05, 0) is 16.7 Å². The predicted molar refractivity (Wildman–Crippen MR) is 111 cm³/mol. The van der Waals surface area contributed by atoms with Gasteiger partial charge in [-0.3, -0.25) is 9.59 Å². The third kappa shape index (κ3) is 3.66. The van der Waals surface area contributed by atoms with Crippen LogP contribution in [0, 0.1) is 0 Å². The van der Waals surface area contributed by atoms with E-state index in [1.54, 1.807) is 0 Å². The standard InChI is InChI=1S/C25H23NO3/c1-19(27)29-25(22-15-9-4-10-16-22)17-23(28)26(18-20-11-5-2-6-12-20)24(25)21-13-7-3-8-14-21/h2-16,24H,17-18H2,1H3. The average Bonchev–Trinajstić information content (AvgIpc) is 3.01. The van der Waals surface area contributed by atoms with Crippen LogP contribution in [0.1, 0.15) is 36.1 Å². The molecule has 29 heavy (non-hydrogen) atoms. The molecule has 3 aromatic rings. The molecule has 0 aromatic heterocycles. The summed E-state index contributed by atoms with van der Waals surface area (Å²) in [6.45, 7) is 1.85. The predicted octanol–water partition coefficient (Wildman–Crippen LogP) is 4.62. The highest BCUT2D eigenvalue weighted by molar-refractivity contribution is 5.83. The highest BCUT2D eigenvalue weighted by atomic mass is 16.6. The Bertz CT molecular complexity index is 988. The summed E-state index contributed by atoms with van der Waals surface area (Å²) in [5.74, 6) is -0.433. The lowest BCUT2D eigenvalue weighted by Gasteiger charge is -2.37. The molecule has 1 heterocycles. The quantitative estimate of drug-likeness (QED) is 0.602. The summed E-state index contributed by atoms with van der Waals surface area (Å²) in [6, 6.07) is 28.9. The maximum absolute atomic E-state index is 13.3. The van der Waals surface area contributed by atoms with Crippen LogP contribution < -0.4 is 0 Å². The number of benzene rings is 3. The number of carbonyl (C=O) groups is 2. The second-order valence-electron chi connectivity index (χ2n) is 7.35. The van der Waals surface area contributed by atoms with Crippen LogP contribution in [0.15, 0.2) is 91.0 Å². The molecule has 0 radical (unpaired) electrons. The number of rotatable bonds is 5. The van der Waals surface area contributed by atoms with Crippen molar-refractivity contribution >= 4 is 11.9 Å². The minimum atomic E-state index is -1.07. The molecule has 146 valence electrons. The number of hydrogen-bond donors (Lipinski definition) is 0. The number of ether oxygens (including phenoxy) is 1. The maximum Gasteiger partial charge on any atom is 0.303 e. The Morgan fingerprint density at radius 1 is 0.931 bits per heavy atom. The number of nitrogens with zero attached hydrogens (tertiary/aromatic N) is 1. The molecule has 0 N–H and O–H groups in total. The third-order valence-electron chi connectivity index (χ3n) is 5.39. The van der Waals surface area contributed by atoms with E-state index in [1.165, 1.54) is 6.92 Å². The minimum absolute atomic E-state index is 0.0344. The largest absolute Gasteiger partial charge is 0.451 e. The Morgan fingerprint density at radius 2 is 1.48 bits per heavy atom. The molecule has 3 aromatic carbocycles. The Labute approximate surface area is 170 Å². The smallest absolute Gasteiger partial charge is 0.303 e. The van der Waals surface area contributed by atoms with Gasteiger partial charge in [0.1, 0.15) is 6.04 Å². The zero-order valence-electron chi connectivity index (χ0n) is 16.3. The van der Waals surface area contributed by atoms with Crippen LogP contribution in [0.25, 0.3) is 0 Å². The molecule has 2 unspecified atom stereocenters. The van der Waals surface area contributed by atoms with Gasteiger partial charge in [-0.15, -0.1) is 0 Å². The topological polar surface area (TPSA) is 46.6 Å². The van der Waals surface area contributed by atoms with Crippen molar-refractivity contribution in [2.24, 2.45) is 0 Å². The molecule has 0 bridgehead atoms. The Balaban J connectivity index is 1.87. The van der Waals surface area contributed by atoms with Crippen LogP contribution >= 0.6 is 0 Å². The lowest BCUT2D eigenvalue weighted by molar-refractivity contribution is -0.162. The van der Waals surface area contributed by atoms with Crippen LogP contribution in [0.4, 0.5) is 0 Å². The van der Waals surface area contributed by atoms with Crippen molar-refractivity contribution in [1.29, 1.82) is 0 Å². The van der Waals surface area contributed by atoms with Crippen molar-refractivity contribution in [2.75, 3.05) is 0 Å². The molecule has 0 saturated carbocycles. The molecule has 1 aliphatic heterocycles. The number of carbonyl (C=O) groups excluding carboxylic acids is 2. The van der Waals surface area contributed by atoms with Crippen molar-refractivity contribution < 1.29 is 14.3 Å². The summed E-state index contributed by atoms with van der Waals surface area (Å²) in [6.07, 6.45) is 0.114. The van der Waals surface area contributed by atoms with Crippen molar-refractivity contribution in [2.45, 2.75) is 31.5 Å². The van der Waals surface area contributed by atoms with Crippen LogP contribution in [-0.4, -0.2) is 16.8 Å². The lowest BCUT2D eigenvalue weighted by atomic mass is 9.82. The van der Waals surface area contributed by atoms with Gasteiger partial charge in [0.2, 0.25) is 5.91 Å². The molecule has 0 spiro atoms. The Morgan fingerprint density at radius 3 is 2.07 bits per heavy atom. The number of amides is 1. The van der Waals surface area contributed by atoms with E-state index in [0.717, 1.165) is 16.7 Å². The van der Waals surface area contributed by atoms with Gasteiger partial charge in [0.05, 0.1) is 6.42 Å². The normalized spacial score (nSPS) is 21.2. The maximum atomic E-state index is 13.3. The monoisotopic (exact) mass is 385 g/mol. The fraction of sp³-hybridized carbons (Fsp3) is 0.200. The molecular formula is C25H23NO3. The molecule has 1 fully saturated rings. The van der Waals surface area contributed by atoms with Gasteiger partial charge in [-0.25, -0.2) is 0 Å². The van der Waals surface area contributed by atoms with E-state index < -0.39 is 17.6 Å². The average molecular weight is 385 g/mol. The second kappa shape index (κ2) is 7.92. The Hall–Kier alpha value is -3.40. The molecule has 4 rings (SSSR count). The van der Waals surface area contributed by atoms with Crippen molar-refractivity contribution in [1.82, 2.24) is 4.90 Å². The van der Waals surface area contributed by atoms with Gasteiger partial charge >= 0.3 is 5.97 Å². The van der Waals surface area contributed by atoms with Gasteiger partial charge in [0.25, 0.3) is 0 Å². The molecule has 1 amide bonds. The van der Waals surface area contributed by atoms with E-state index in [-0.39, 0.29) is 12.3 Å². The molecular weight excluding hydrogens is 362 g/mol. The molecule has 4 nitrogen and oxygen atoms in total. The third-order valence-corrected chi connectivity index (χ3v) is 5.39. The number of esters is 1. The minimum Gasteiger partial charge on any atom is -0.451 e. The van der Waals surface area contributed by atoms with E-state index in [1.807, 2.05) is 95.9 Å². The lowest BCUT2D eigenvalue weighted by Crippen LogP contribution is -2.39.